The Balaban J connectivity index is 2.19. The van der Waals surface area contributed by atoms with Crippen LogP contribution in [0.4, 0.5) is 5.69 Å². The summed E-state index contributed by atoms with van der Waals surface area (Å²) in [7, 11) is -3.45. The molecule has 1 aliphatic carbocycles. The number of nitrogens with one attached hydrogen (secondary N) is 1. The molecule has 0 bridgehead atoms. The van der Waals surface area contributed by atoms with Gasteiger partial charge in [-0.15, -0.1) is 0 Å². The van der Waals surface area contributed by atoms with Crippen LogP contribution >= 0.6 is 0 Å². The first-order valence-electron chi connectivity index (χ1n) is 7.28. The van der Waals surface area contributed by atoms with Crippen LogP contribution in [0.15, 0.2) is 23.1 Å². The number of hydrogen-bond donors (Lipinski definition) is 2. The maximum Gasteiger partial charge on any atom is 0.240 e. The fourth-order valence-corrected chi connectivity index (χ4v) is 4.21. The Labute approximate surface area is 121 Å². The molecule has 1 aromatic rings. The second kappa shape index (κ2) is 6.14. The van der Waals surface area contributed by atoms with Gasteiger partial charge in [-0.1, -0.05) is 26.2 Å². The van der Waals surface area contributed by atoms with Crippen molar-refractivity contribution in [1.82, 2.24) is 4.72 Å². The summed E-state index contributed by atoms with van der Waals surface area (Å²) in [6, 6.07) is 4.91. The van der Waals surface area contributed by atoms with Crippen LogP contribution in [0.2, 0.25) is 0 Å². The van der Waals surface area contributed by atoms with E-state index in [-0.39, 0.29) is 6.04 Å². The first-order chi connectivity index (χ1) is 9.40. The van der Waals surface area contributed by atoms with E-state index in [4.69, 9.17) is 5.73 Å². The highest BCUT2D eigenvalue weighted by Crippen LogP contribution is 2.25. The summed E-state index contributed by atoms with van der Waals surface area (Å²) < 4.78 is 27.8. The Kier molecular flexibility index (Phi) is 4.70. The molecule has 0 aromatic heterocycles. The second-order valence-electron chi connectivity index (χ2n) is 5.86. The molecule has 1 fully saturated rings. The zero-order valence-electron chi connectivity index (χ0n) is 12.2. The van der Waals surface area contributed by atoms with Gasteiger partial charge in [-0.25, -0.2) is 13.1 Å². The Bertz CT molecular complexity index is 569. The molecule has 112 valence electrons. The van der Waals surface area contributed by atoms with E-state index in [1.807, 2.05) is 6.92 Å². The molecule has 0 heterocycles. The van der Waals surface area contributed by atoms with Crippen molar-refractivity contribution in [3.8, 4) is 0 Å². The molecule has 2 rings (SSSR count). The van der Waals surface area contributed by atoms with Gasteiger partial charge >= 0.3 is 0 Å². The highest BCUT2D eigenvalue weighted by atomic mass is 32.2. The van der Waals surface area contributed by atoms with E-state index in [2.05, 4.69) is 11.6 Å². The average Bonchev–Trinajstić information content (AvgIpc) is 2.58. The van der Waals surface area contributed by atoms with Crippen molar-refractivity contribution in [2.75, 3.05) is 5.73 Å². The predicted octanol–water partition coefficient (Wildman–Crippen LogP) is 2.82. The Morgan fingerprint density at radius 1 is 1.20 bits per heavy atom. The van der Waals surface area contributed by atoms with Crippen molar-refractivity contribution in [2.24, 2.45) is 5.92 Å². The lowest BCUT2D eigenvalue weighted by Crippen LogP contribution is -2.38. The minimum atomic E-state index is -3.45. The van der Waals surface area contributed by atoms with Gasteiger partial charge in [-0.2, -0.15) is 0 Å². The molecule has 0 aliphatic heterocycles. The van der Waals surface area contributed by atoms with Gasteiger partial charge < -0.3 is 5.73 Å². The highest BCUT2D eigenvalue weighted by Gasteiger charge is 2.25. The van der Waals surface area contributed by atoms with Crippen LogP contribution < -0.4 is 10.5 Å². The van der Waals surface area contributed by atoms with Crippen molar-refractivity contribution in [3.63, 3.8) is 0 Å². The van der Waals surface area contributed by atoms with Crippen LogP contribution in [-0.4, -0.2) is 14.5 Å². The van der Waals surface area contributed by atoms with Gasteiger partial charge in [0.2, 0.25) is 10.0 Å². The summed E-state index contributed by atoms with van der Waals surface area (Å²) in [6.07, 6.45) is 5.50. The highest BCUT2D eigenvalue weighted by molar-refractivity contribution is 7.89. The lowest BCUT2D eigenvalue weighted by Gasteiger charge is -2.22. The Hall–Kier alpha value is -1.07. The smallest absolute Gasteiger partial charge is 0.240 e. The zero-order chi connectivity index (χ0) is 14.8. The fraction of sp³-hybridized carbons (Fsp3) is 0.600. The molecule has 1 saturated carbocycles. The maximum atomic E-state index is 12.5. The third kappa shape index (κ3) is 3.52. The molecule has 0 saturated heterocycles. The number of rotatable bonds is 3. The van der Waals surface area contributed by atoms with Crippen molar-refractivity contribution in [3.05, 3.63) is 23.8 Å². The van der Waals surface area contributed by atoms with Crippen molar-refractivity contribution < 1.29 is 8.42 Å². The third-order valence-electron chi connectivity index (χ3n) is 4.22. The number of aryl methyl sites for hydroxylation is 1. The summed E-state index contributed by atoms with van der Waals surface area (Å²) in [5, 5.41) is 0. The van der Waals surface area contributed by atoms with Crippen molar-refractivity contribution >= 4 is 15.7 Å². The minimum absolute atomic E-state index is 0.0420. The Morgan fingerprint density at radius 3 is 2.60 bits per heavy atom. The molecule has 0 radical (unpaired) electrons. The van der Waals surface area contributed by atoms with Gasteiger partial charge in [0.25, 0.3) is 0 Å². The van der Waals surface area contributed by atoms with Crippen LogP contribution in [0, 0.1) is 12.8 Å². The number of anilines is 1. The minimum Gasteiger partial charge on any atom is -0.399 e. The van der Waals surface area contributed by atoms with Crippen LogP contribution in [0.5, 0.6) is 0 Å². The predicted molar refractivity (Wildman–Crippen MR) is 81.9 cm³/mol. The van der Waals surface area contributed by atoms with Crippen LogP contribution in [-0.2, 0) is 10.0 Å². The second-order valence-corrected chi connectivity index (χ2v) is 7.58. The Morgan fingerprint density at radius 2 is 1.90 bits per heavy atom. The molecular formula is C15H24N2O2S. The number of nitrogen functional groups attached to an aromatic ring is 1. The standard InChI is InChI=1S/C15H24N2O2S/c1-11-6-4-3-5-7-15(11)17-20(18,19)13-8-9-14(16)12(2)10-13/h8-11,15,17H,3-7,16H2,1-2H3. The average molecular weight is 296 g/mol. The summed E-state index contributed by atoms with van der Waals surface area (Å²) in [6.45, 7) is 3.95. The quantitative estimate of drug-likeness (QED) is 0.665. The molecule has 3 N–H and O–H groups in total. The van der Waals surface area contributed by atoms with Crippen LogP contribution in [0.25, 0.3) is 0 Å². The van der Waals surface area contributed by atoms with Gasteiger partial charge in [0, 0.05) is 11.7 Å². The topological polar surface area (TPSA) is 72.2 Å². The lowest BCUT2D eigenvalue weighted by atomic mass is 9.98. The van der Waals surface area contributed by atoms with E-state index >= 15 is 0 Å². The summed E-state index contributed by atoms with van der Waals surface area (Å²) in [5.41, 5.74) is 7.15. The summed E-state index contributed by atoms with van der Waals surface area (Å²) in [5.74, 6) is 0.391. The number of sulfonamides is 1. The normalized spacial score (nSPS) is 24.3. The van der Waals surface area contributed by atoms with Gasteiger partial charge in [0.05, 0.1) is 4.90 Å². The molecule has 0 spiro atoms. The third-order valence-corrected chi connectivity index (χ3v) is 5.71. The SMILES string of the molecule is Cc1cc(S(=O)(=O)NC2CCCCCC2C)ccc1N. The first kappa shape index (κ1) is 15.3. The van der Waals surface area contributed by atoms with Crippen LogP contribution in [0.3, 0.4) is 0 Å². The molecule has 20 heavy (non-hydrogen) atoms. The largest absolute Gasteiger partial charge is 0.399 e. The molecule has 5 heteroatoms. The van der Waals surface area contributed by atoms with E-state index < -0.39 is 10.0 Å². The van der Waals surface area contributed by atoms with Gasteiger partial charge in [-0.05, 0) is 49.4 Å². The maximum absolute atomic E-state index is 12.5. The molecule has 0 amide bonds. The molecule has 1 aromatic carbocycles. The van der Waals surface area contributed by atoms with Gasteiger partial charge in [-0.3, -0.25) is 0 Å². The molecule has 4 nitrogen and oxygen atoms in total. The first-order valence-corrected chi connectivity index (χ1v) is 8.77. The van der Waals surface area contributed by atoms with Gasteiger partial charge in [0.1, 0.15) is 0 Å². The summed E-state index contributed by atoms with van der Waals surface area (Å²) >= 11 is 0. The monoisotopic (exact) mass is 296 g/mol. The molecule has 2 unspecified atom stereocenters. The summed E-state index contributed by atoms with van der Waals surface area (Å²) in [4.78, 5) is 0.306. The van der Waals surface area contributed by atoms with Crippen molar-refractivity contribution in [2.45, 2.75) is 56.9 Å². The van der Waals surface area contributed by atoms with E-state index in [0.717, 1.165) is 24.8 Å². The molecule has 2 atom stereocenters. The zero-order valence-corrected chi connectivity index (χ0v) is 13.0. The number of benzene rings is 1. The van der Waals surface area contributed by atoms with Crippen LogP contribution in [0.1, 0.15) is 44.6 Å². The fourth-order valence-electron chi connectivity index (χ4n) is 2.75. The van der Waals surface area contributed by atoms with Crippen molar-refractivity contribution in [1.29, 1.82) is 0 Å². The lowest BCUT2D eigenvalue weighted by molar-refractivity contribution is 0.399. The van der Waals surface area contributed by atoms with Gasteiger partial charge in [0.15, 0.2) is 0 Å². The number of nitrogens with two attached hydrogens (primary N) is 1. The van der Waals surface area contributed by atoms with E-state index in [1.54, 1.807) is 18.2 Å². The van der Waals surface area contributed by atoms with E-state index in [9.17, 15) is 8.42 Å². The van der Waals surface area contributed by atoms with E-state index in [1.165, 1.54) is 12.8 Å². The molecule has 1 aliphatic rings. The molecular weight excluding hydrogens is 272 g/mol. The number of hydrogen-bond acceptors (Lipinski definition) is 3. The van der Waals surface area contributed by atoms with E-state index in [0.29, 0.717) is 16.5 Å².